The summed E-state index contributed by atoms with van der Waals surface area (Å²) in [7, 11) is 0. The highest BCUT2D eigenvalue weighted by atomic mass is 19.2. The van der Waals surface area contributed by atoms with Gasteiger partial charge in [-0.1, -0.05) is 0 Å². The topological polar surface area (TPSA) is 70.7 Å². The Morgan fingerprint density at radius 1 is 0.964 bits per heavy atom. The van der Waals surface area contributed by atoms with Crippen molar-refractivity contribution in [2.45, 2.75) is 25.8 Å². The number of nitrogens with one attached hydrogen (secondary N) is 2. The van der Waals surface area contributed by atoms with Crippen LogP contribution in [0.25, 0.3) is 0 Å². The highest BCUT2D eigenvalue weighted by Gasteiger charge is 2.29. The lowest BCUT2D eigenvalue weighted by Crippen LogP contribution is -2.46. The van der Waals surface area contributed by atoms with Gasteiger partial charge in [0.25, 0.3) is 5.91 Å². The summed E-state index contributed by atoms with van der Waals surface area (Å²) in [6.45, 7) is 3.12. The first-order chi connectivity index (χ1) is 13.3. The molecule has 6 nitrogen and oxygen atoms in total. The molecule has 0 bridgehead atoms. The molecular formula is C17H20F5N3O3. The number of hydrogen-bond donors (Lipinski definition) is 2. The van der Waals surface area contributed by atoms with Gasteiger partial charge in [-0.2, -0.15) is 0 Å². The smallest absolute Gasteiger partial charge is 0.409 e. The maximum atomic E-state index is 13.6. The quantitative estimate of drug-likeness (QED) is 0.328. The first-order valence-electron chi connectivity index (χ1n) is 8.72. The minimum Gasteiger partial charge on any atom is -0.450 e. The fourth-order valence-corrected chi connectivity index (χ4v) is 2.83. The zero-order valence-electron chi connectivity index (χ0n) is 15.1. The molecular weight excluding hydrogens is 389 g/mol. The molecule has 0 saturated carbocycles. The molecule has 0 atom stereocenters. The molecule has 0 spiro atoms. The molecule has 1 saturated heterocycles. The Morgan fingerprint density at radius 2 is 1.50 bits per heavy atom. The first-order valence-corrected chi connectivity index (χ1v) is 8.72. The Bertz CT molecular complexity index is 710. The van der Waals surface area contributed by atoms with Crippen LogP contribution in [0.2, 0.25) is 0 Å². The second-order valence-electron chi connectivity index (χ2n) is 6.12. The Morgan fingerprint density at radius 3 is 2.04 bits per heavy atom. The monoisotopic (exact) mass is 409 g/mol. The van der Waals surface area contributed by atoms with E-state index in [4.69, 9.17) is 4.74 Å². The summed E-state index contributed by atoms with van der Waals surface area (Å²) in [5, 5.41) is 5.21. The third-order valence-electron chi connectivity index (χ3n) is 4.30. The molecule has 156 valence electrons. The molecule has 0 radical (unpaired) electrons. The van der Waals surface area contributed by atoms with Gasteiger partial charge < -0.3 is 20.3 Å². The van der Waals surface area contributed by atoms with Gasteiger partial charge in [-0.25, -0.2) is 26.7 Å². The molecule has 1 aromatic rings. The van der Waals surface area contributed by atoms with Crippen LogP contribution in [-0.4, -0.2) is 55.7 Å². The first kappa shape index (κ1) is 21.9. The van der Waals surface area contributed by atoms with E-state index in [1.165, 1.54) is 0 Å². The Labute approximate surface area is 158 Å². The number of ether oxygens (including phenoxy) is 1. The van der Waals surface area contributed by atoms with Crippen LogP contribution < -0.4 is 10.6 Å². The molecule has 2 N–H and O–H groups in total. The predicted octanol–water partition coefficient (Wildman–Crippen LogP) is 2.32. The van der Waals surface area contributed by atoms with E-state index in [2.05, 4.69) is 10.6 Å². The zero-order chi connectivity index (χ0) is 20.8. The van der Waals surface area contributed by atoms with Crippen LogP contribution in [-0.2, 0) is 4.74 Å². The van der Waals surface area contributed by atoms with Crippen molar-refractivity contribution in [1.82, 2.24) is 15.5 Å². The van der Waals surface area contributed by atoms with Crippen molar-refractivity contribution in [2.75, 3.05) is 32.8 Å². The van der Waals surface area contributed by atoms with Crippen LogP contribution in [0.5, 0.6) is 0 Å². The van der Waals surface area contributed by atoms with E-state index in [-0.39, 0.29) is 25.2 Å². The zero-order valence-corrected chi connectivity index (χ0v) is 15.1. The summed E-state index contributed by atoms with van der Waals surface area (Å²) in [4.78, 5) is 25.0. The fourth-order valence-electron chi connectivity index (χ4n) is 2.83. The number of carbonyl (C=O) groups excluding carboxylic acids is 2. The minimum absolute atomic E-state index is 0.0526. The standard InChI is InChI=1S/C17H20F5N3O3/c1-2-28-17(27)25-7-3-9(4-8-25)23-5-6-24-16(26)10-11(18)13(20)15(22)14(21)12(10)19/h9,23H,2-8H2,1H3,(H,24,26). The fraction of sp³-hybridized carbons (Fsp3) is 0.529. The van der Waals surface area contributed by atoms with Crippen molar-refractivity contribution in [1.29, 1.82) is 0 Å². The number of nitrogens with zero attached hydrogens (tertiary/aromatic N) is 1. The van der Waals surface area contributed by atoms with E-state index in [1.807, 2.05) is 0 Å². The number of piperidine rings is 1. The Balaban J connectivity index is 1.79. The summed E-state index contributed by atoms with van der Waals surface area (Å²) < 4.78 is 71.3. The van der Waals surface area contributed by atoms with Crippen LogP contribution in [0.3, 0.4) is 0 Å². The predicted molar refractivity (Wildman–Crippen MR) is 88.2 cm³/mol. The SMILES string of the molecule is CCOC(=O)N1CCC(NCCNC(=O)c2c(F)c(F)c(F)c(F)c2F)CC1. The van der Waals surface area contributed by atoms with Crippen molar-refractivity contribution in [2.24, 2.45) is 0 Å². The second kappa shape index (κ2) is 9.67. The number of benzene rings is 1. The molecule has 1 aromatic carbocycles. The Hall–Kier alpha value is -2.43. The van der Waals surface area contributed by atoms with Gasteiger partial charge in [0.05, 0.1) is 6.61 Å². The van der Waals surface area contributed by atoms with Crippen LogP contribution in [0.4, 0.5) is 26.7 Å². The van der Waals surface area contributed by atoms with Crippen molar-refractivity contribution in [3.63, 3.8) is 0 Å². The maximum absolute atomic E-state index is 13.6. The van der Waals surface area contributed by atoms with E-state index in [0.717, 1.165) is 0 Å². The molecule has 2 amide bonds. The average molecular weight is 409 g/mol. The highest BCUT2D eigenvalue weighted by Crippen LogP contribution is 2.22. The highest BCUT2D eigenvalue weighted by molar-refractivity contribution is 5.94. The van der Waals surface area contributed by atoms with Crippen LogP contribution in [0, 0.1) is 29.1 Å². The summed E-state index contributed by atoms with van der Waals surface area (Å²) in [6, 6.07) is 0.0526. The van der Waals surface area contributed by atoms with Gasteiger partial charge in [-0.05, 0) is 19.8 Å². The van der Waals surface area contributed by atoms with Crippen molar-refractivity contribution in [3.8, 4) is 0 Å². The molecule has 0 unspecified atom stereocenters. The van der Waals surface area contributed by atoms with Gasteiger partial charge in [0.1, 0.15) is 5.56 Å². The lowest BCUT2D eigenvalue weighted by molar-refractivity contribution is 0.0924. The number of carbonyl (C=O) groups is 2. The summed E-state index contributed by atoms with van der Waals surface area (Å²) in [5.41, 5.74) is -1.51. The maximum Gasteiger partial charge on any atom is 0.409 e. The van der Waals surface area contributed by atoms with Crippen LogP contribution >= 0.6 is 0 Å². The van der Waals surface area contributed by atoms with Crippen molar-refractivity contribution < 1.29 is 36.3 Å². The van der Waals surface area contributed by atoms with Gasteiger partial charge in [0, 0.05) is 32.2 Å². The minimum atomic E-state index is -2.32. The van der Waals surface area contributed by atoms with Crippen molar-refractivity contribution >= 4 is 12.0 Å². The molecule has 0 aromatic heterocycles. The number of hydrogen-bond acceptors (Lipinski definition) is 4. The van der Waals surface area contributed by atoms with Crippen LogP contribution in [0.1, 0.15) is 30.1 Å². The molecule has 2 rings (SSSR count). The van der Waals surface area contributed by atoms with E-state index < -0.39 is 40.6 Å². The van der Waals surface area contributed by atoms with Gasteiger partial charge in [0.2, 0.25) is 5.82 Å². The number of rotatable bonds is 6. The second-order valence-corrected chi connectivity index (χ2v) is 6.12. The van der Waals surface area contributed by atoms with E-state index in [1.54, 1.807) is 11.8 Å². The number of likely N-dealkylation sites (tertiary alicyclic amines) is 1. The normalized spacial score (nSPS) is 14.9. The summed E-state index contributed by atoms with van der Waals surface area (Å²) in [6.07, 6.45) is 0.908. The molecule has 1 aliphatic heterocycles. The van der Waals surface area contributed by atoms with Crippen molar-refractivity contribution in [3.05, 3.63) is 34.6 Å². The number of halogens is 5. The van der Waals surface area contributed by atoms with E-state index in [9.17, 15) is 31.5 Å². The molecule has 1 fully saturated rings. The summed E-state index contributed by atoms with van der Waals surface area (Å²) >= 11 is 0. The third kappa shape index (κ3) is 4.89. The molecule has 0 aliphatic carbocycles. The molecule has 11 heteroatoms. The van der Waals surface area contributed by atoms with E-state index in [0.29, 0.717) is 32.5 Å². The van der Waals surface area contributed by atoms with Gasteiger partial charge in [0.15, 0.2) is 23.3 Å². The largest absolute Gasteiger partial charge is 0.450 e. The van der Waals surface area contributed by atoms with Gasteiger partial charge in [-0.3, -0.25) is 4.79 Å². The molecule has 1 aliphatic rings. The van der Waals surface area contributed by atoms with E-state index >= 15 is 0 Å². The number of amides is 2. The third-order valence-corrected chi connectivity index (χ3v) is 4.30. The molecule has 28 heavy (non-hydrogen) atoms. The molecule has 1 heterocycles. The Kier molecular flexibility index (Phi) is 7.55. The van der Waals surface area contributed by atoms with Gasteiger partial charge >= 0.3 is 6.09 Å². The average Bonchev–Trinajstić information content (AvgIpc) is 2.69. The lowest BCUT2D eigenvalue weighted by atomic mass is 10.1. The lowest BCUT2D eigenvalue weighted by Gasteiger charge is -2.31. The van der Waals surface area contributed by atoms with Gasteiger partial charge in [-0.15, -0.1) is 0 Å². The summed E-state index contributed by atoms with van der Waals surface area (Å²) in [5.74, 6) is -12.4. The van der Waals surface area contributed by atoms with Crippen LogP contribution in [0.15, 0.2) is 0 Å².